The standard InChI is InChI=1S/C30H27N3O4/c1-2-37-29(35)28(34)32-26-18-31-27(25-20-36-19-24(25)26)33-30(21-12-6-3-7-13-21,22-14-8-4-9-15-22)23-16-10-5-11-17-23/h3-18H,2,19-20H2,1H3,(H,31,33)(H,32,34). The van der Waals surface area contributed by atoms with Gasteiger partial charge >= 0.3 is 11.9 Å². The van der Waals surface area contributed by atoms with Gasteiger partial charge in [-0.1, -0.05) is 91.0 Å². The summed E-state index contributed by atoms with van der Waals surface area (Å²) in [6.45, 7) is 2.38. The van der Waals surface area contributed by atoms with Crippen molar-refractivity contribution >= 4 is 23.4 Å². The highest BCUT2D eigenvalue weighted by Gasteiger charge is 2.38. The molecule has 0 radical (unpaired) electrons. The Hall–Kier alpha value is -4.49. The number of hydrogen-bond donors (Lipinski definition) is 2. The summed E-state index contributed by atoms with van der Waals surface area (Å²) < 4.78 is 10.6. The highest BCUT2D eigenvalue weighted by Crippen LogP contribution is 2.42. The number of ether oxygens (including phenoxy) is 2. The first-order valence-electron chi connectivity index (χ1n) is 12.1. The zero-order valence-corrected chi connectivity index (χ0v) is 20.4. The maximum absolute atomic E-state index is 12.3. The lowest BCUT2D eigenvalue weighted by Crippen LogP contribution is -2.38. The molecular weight excluding hydrogens is 466 g/mol. The molecule has 1 aliphatic heterocycles. The molecule has 1 amide bonds. The number of nitrogens with zero attached hydrogens (tertiary/aromatic N) is 1. The highest BCUT2D eigenvalue weighted by molar-refractivity contribution is 6.37. The first-order valence-corrected chi connectivity index (χ1v) is 12.1. The SMILES string of the molecule is CCOC(=O)C(=O)Nc1cnc(NC(c2ccccc2)(c2ccccc2)c2ccccc2)c2c1COC2. The molecule has 0 spiro atoms. The fourth-order valence-electron chi connectivity index (χ4n) is 4.71. The van der Waals surface area contributed by atoms with Gasteiger partial charge in [-0.3, -0.25) is 4.79 Å². The van der Waals surface area contributed by atoms with E-state index < -0.39 is 17.4 Å². The monoisotopic (exact) mass is 493 g/mol. The molecule has 1 aromatic heterocycles. The number of anilines is 2. The third kappa shape index (κ3) is 4.69. The summed E-state index contributed by atoms with van der Waals surface area (Å²) in [5.41, 5.74) is 4.40. The van der Waals surface area contributed by atoms with Gasteiger partial charge in [0, 0.05) is 11.1 Å². The van der Waals surface area contributed by atoms with E-state index in [1.54, 1.807) is 13.1 Å². The van der Waals surface area contributed by atoms with E-state index >= 15 is 0 Å². The van der Waals surface area contributed by atoms with Crippen molar-refractivity contribution in [3.63, 3.8) is 0 Å². The molecule has 0 atom stereocenters. The quantitative estimate of drug-likeness (QED) is 0.214. The van der Waals surface area contributed by atoms with E-state index in [1.807, 2.05) is 54.6 Å². The van der Waals surface area contributed by atoms with Crippen molar-refractivity contribution in [1.29, 1.82) is 0 Å². The Balaban J connectivity index is 1.63. The summed E-state index contributed by atoms with van der Waals surface area (Å²) in [5.74, 6) is -1.14. The van der Waals surface area contributed by atoms with Crippen LogP contribution >= 0.6 is 0 Å². The molecule has 186 valence electrons. The maximum atomic E-state index is 12.3. The molecule has 0 aliphatic carbocycles. The summed E-state index contributed by atoms with van der Waals surface area (Å²) in [5, 5.41) is 6.40. The molecule has 0 saturated carbocycles. The summed E-state index contributed by atoms with van der Waals surface area (Å²) in [6.07, 6.45) is 1.55. The molecule has 0 saturated heterocycles. The van der Waals surface area contributed by atoms with Crippen LogP contribution in [0.1, 0.15) is 34.7 Å². The number of rotatable bonds is 7. The normalized spacial score (nSPS) is 12.5. The van der Waals surface area contributed by atoms with E-state index in [2.05, 4.69) is 47.0 Å². The van der Waals surface area contributed by atoms with Crippen molar-refractivity contribution in [3.8, 4) is 0 Å². The van der Waals surface area contributed by atoms with Gasteiger partial charge in [0.1, 0.15) is 11.4 Å². The second-order valence-electron chi connectivity index (χ2n) is 8.62. The molecule has 1 aliphatic rings. The van der Waals surface area contributed by atoms with Crippen LogP contribution in [-0.2, 0) is 37.8 Å². The van der Waals surface area contributed by atoms with Gasteiger partial charge in [-0.25, -0.2) is 9.78 Å². The van der Waals surface area contributed by atoms with Gasteiger partial charge in [-0.15, -0.1) is 0 Å². The topological polar surface area (TPSA) is 89.6 Å². The van der Waals surface area contributed by atoms with Crippen LogP contribution < -0.4 is 10.6 Å². The second-order valence-corrected chi connectivity index (χ2v) is 8.62. The molecule has 3 aromatic carbocycles. The summed E-state index contributed by atoms with van der Waals surface area (Å²) >= 11 is 0. The average molecular weight is 494 g/mol. The minimum atomic E-state index is -0.936. The predicted molar refractivity (Wildman–Crippen MR) is 141 cm³/mol. The molecule has 5 rings (SSSR count). The minimum absolute atomic E-state index is 0.120. The van der Waals surface area contributed by atoms with Crippen LogP contribution in [0.3, 0.4) is 0 Å². The number of carbonyl (C=O) groups is 2. The van der Waals surface area contributed by atoms with E-state index in [0.717, 1.165) is 27.8 Å². The number of benzene rings is 3. The smallest absolute Gasteiger partial charge is 0.397 e. The molecule has 37 heavy (non-hydrogen) atoms. The number of hydrogen-bond acceptors (Lipinski definition) is 6. The lowest BCUT2D eigenvalue weighted by Gasteiger charge is -2.38. The van der Waals surface area contributed by atoms with Crippen LogP contribution in [0.4, 0.5) is 11.5 Å². The molecule has 7 nitrogen and oxygen atoms in total. The van der Waals surface area contributed by atoms with Gasteiger partial charge in [-0.2, -0.15) is 0 Å². The Labute approximate surface area is 215 Å². The molecule has 2 heterocycles. The van der Waals surface area contributed by atoms with Gasteiger partial charge in [0.05, 0.1) is 31.7 Å². The Morgan fingerprint density at radius 2 is 1.35 bits per heavy atom. The number of carbonyl (C=O) groups excluding carboxylic acids is 2. The van der Waals surface area contributed by atoms with Crippen LogP contribution in [0.15, 0.2) is 97.2 Å². The van der Waals surface area contributed by atoms with E-state index in [0.29, 0.717) is 24.7 Å². The number of pyridine rings is 1. The van der Waals surface area contributed by atoms with Crippen LogP contribution in [0, 0.1) is 0 Å². The average Bonchev–Trinajstić information content (AvgIpc) is 3.45. The fourth-order valence-corrected chi connectivity index (χ4v) is 4.71. The maximum Gasteiger partial charge on any atom is 0.397 e. The Kier molecular flexibility index (Phi) is 6.96. The molecule has 4 aromatic rings. The first-order chi connectivity index (χ1) is 18.1. The van der Waals surface area contributed by atoms with Gasteiger partial charge in [0.25, 0.3) is 0 Å². The van der Waals surface area contributed by atoms with Crippen molar-refractivity contribution in [2.45, 2.75) is 25.7 Å². The van der Waals surface area contributed by atoms with Gasteiger partial charge in [0.2, 0.25) is 0 Å². The number of nitrogens with one attached hydrogen (secondary N) is 2. The van der Waals surface area contributed by atoms with E-state index in [9.17, 15) is 9.59 Å². The molecule has 0 bridgehead atoms. The zero-order valence-electron chi connectivity index (χ0n) is 20.4. The Bertz CT molecular complexity index is 1300. The fraction of sp³-hybridized carbons (Fsp3) is 0.167. The Morgan fingerprint density at radius 3 is 1.86 bits per heavy atom. The third-order valence-electron chi connectivity index (χ3n) is 6.43. The number of fused-ring (bicyclic) bond motifs is 1. The van der Waals surface area contributed by atoms with Crippen LogP contribution in [0.2, 0.25) is 0 Å². The molecule has 2 N–H and O–H groups in total. The molecule has 0 fully saturated rings. The van der Waals surface area contributed by atoms with E-state index in [4.69, 9.17) is 14.5 Å². The molecule has 7 heteroatoms. The number of aromatic nitrogens is 1. The van der Waals surface area contributed by atoms with E-state index in [-0.39, 0.29) is 6.61 Å². The van der Waals surface area contributed by atoms with Crippen molar-refractivity contribution in [3.05, 3.63) is 125 Å². The second kappa shape index (κ2) is 10.6. The van der Waals surface area contributed by atoms with Gasteiger partial charge in [0.15, 0.2) is 0 Å². The zero-order chi connectivity index (χ0) is 25.7. The van der Waals surface area contributed by atoms with Crippen molar-refractivity contribution in [2.75, 3.05) is 17.2 Å². The lowest BCUT2D eigenvalue weighted by molar-refractivity contribution is -0.152. The van der Waals surface area contributed by atoms with Crippen molar-refractivity contribution in [2.24, 2.45) is 0 Å². The largest absolute Gasteiger partial charge is 0.459 e. The molecular formula is C30H27N3O4. The number of amides is 1. The van der Waals surface area contributed by atoms with Crippen LogP contribution in [0.25, 0.3) is 0 Å². The highest BCUT2D eigenvalue weighted by atomic mass is 16.5. The number of esters is 1. The van der Waals surface area contributed by atoms with Crippen LogP contribution in [-0.4, -0.2) is 23.5 Å². The lowest BCUT2D eigenvalue weighted by atomic mass is 9.77. The van der Waals surface area contributed by atoms with Crippen LogP contribution in [0.5, 0.6) is 0 Å². The summed E-state index contributed by atoms with van der Waals surface area (Å²) in [4.78, 5) is 28.9. The van der Waals surface area contributed by atoms with Crippen molar-refractivity contribution in [1.82, 2.24) is 4.98 Å². The molecule has 0 unspecified atom stereocenters. The predicted octanol–water partition coefficient (Wildman–Crippen LogP) is 5.02. The first kappa shape index (κ1) is 24.2. The van der Waals surface area contributed by atoms with Gasteiger partial charge in [-0.05, 0) is 23.6 Å². The van der Waals surface area contributed by atoms with Crippen molar-refractivity contribution < 1.29 is 19.1 Å². The summed E-state index contributed by atoms with van der Waals surface area (Å²) in [6, 6.07) is 30.7. The van der Waals surface area contributed by atoms with Gasteiger partial charge < -0.3 is 20.1 Å². The van der Waals surface area contributed by atoms with E-state index in [1.165, 1.54) is 0 Å². The summed E-state index contributed by atoms with van der Waals surface area (Å²) in [7, 11) is 0. The third-order valence-corrected chi connectivity index (χ3v) is 6.43. The minimum Gasteiger partial charge on any atom is -0.459 e. The Morgan fingerprint density at radius 1 is 0.838 bits per heavy atom.